The predicted octanol–water partition coefficient (Wildman–Crippen LogP) is 4.18. The normalized spacial score (nSPS) is 16.7. The Hall–Kier alpha value is -0.780. The standard InChI is InChI=1S/C14H17Cl2NO3S/c15-12-9-11(6-7-13(12)21(16,19)20)17-14(18)8-10-4-2-1-3-5-10/h6-7,9-10H,1-5,8H2,(H,17,18). The number of amides is 1. The van der Waals surface area contributed by atoms with Gasteiger partial charge in [0.15, 0.2) is 0 Å². The number of benzene rings is 1. The van der Waals surface area contributed by atoms with Crippen LogP contribution in [0, 0.1) is 5.92 Å². The first-order valence-electron chi connectivity index (χ1n) is 6.90. The van der Waals surface area contributed by atoms with E-state index in [1.165, 1.54) is 37.5 Å². The van der Waals surface area contributed by atoms with Gasteiger partial charge in [0.25, 0.3) is 9.05 Å². The van der Waals surface area contributed by atoms with Crippen LogP contribution in [0.3, 0.4) is 0 Å². The zero-order valence-electron chi connectivity index (χ0n) is 11.4. The van der Waals surface area contributed by atoms with Gasteiger partial charge in [-0.05, 0) is 37.0 Å². The van der Waals surface area contributed by atoms with E-state index < -0.39 is 9.05 Å². The molecule has 0 unspecified atom stereocenters. The van der Waals surface area contributed by atoms with Gasteiger partial charge in [0.2, 0.25) is 5.91 Å². The van der Waals surface area contributed by atoms with Gasteiger partial charge in [0.05, 0.1) is 5.02 Å². The lowest BCUT2D eigenvalue weighted by Crippen LogP contribution is -2.18. The summed E-state index contributed by atoms with van der Waals surface area (Å²) in [7, 11) is 1.38. The second-order valence-electron chi connectivity index (χ2n) is 5.34. The number of carbonyl (C=O) groups excluding carboxylic acids is 1. The van der Waals surface area contributed by atoms with Crippen molar-refractivity contribution >= 4 is 42.9 Å². The van der Waals surface area contributed by atoms with Crippen molar-refractivity contribution in [2.75, 3.05) is 5.32 Å². The number of rotatable bonds is 4. The lowest BCUT2D eigenvalue weighted by Gasteiger charge is -2.20. The highest BCUT2D eigenvalue weighted by molar-refractivity contribution is 8.13. The van der Waals surface area contributed by atoms with Gasteiger partial charge in [-0.3, -0.25) is 4.79 Å². The summed E-state index contributed by atoms with van der Waals surface area (Å²) in [5, 5.41) is 2.75. The summed E-state index contributed by atoms with van der Waals surface area (Å²) < 4.78 is 22.5. The molecule has 1 aliphatic carbocycles. The molecule has 0 aliphatic heterocycles. The quantitative estimate of drug-likeness (QED) is 0.829. The molecule has 1 fully saturated rings. The highest BCUT2D eigenvalue weighted by Gasteiger charge is 2.18. The first-order valence-corrected chi connectivity index (χ1v) is 9.59. The van der Waals surface area contributed by atoms with E-state index in [9.17, 15) is 13.2 Å². The molecule has 0 aromatic heterocycles. The number of halogens is 2. The third-order valence-electron chi connectivity index (χ3n) is 3.68. The van der Waals surface area contributed by atoms with Gasteiger partial charge in [-0.2, -0.15) is 0 Å². The van der Waals surface area contributed by atoms with Crippen molar-refractivity contribution in [3.05, 3.63) is 23.2 Å². The molecule has 2 rings (SSSR count). The average molecular weight is 350 g/mol. The lowest BCUT2D eigenvalue weighted by atomic mass is 9.87. The highest BCUT2D eigenvalue weighted by Crippen LogP contribution is 2.29. The molecular formula is C14H17Cl2NO3S. The van der Waals surface area contributed by atoms with E-state index in [4.69, 9.17) is 22.3 Å². The Morgan fingerprint density at radius 3 is 2.48 bits per heavy atom. The lowest BCUT2D eigenvalue weighted by molar-refractivity contribution is -0.117. The molecule has 1 aromatic rings. The van der Waals surface area contributed by atoms with Crippen LogP contribution in [-0.2, 0) is 13.8 Å². The van der Waals surface area contributed by atoms with Crippen LogP contribution in [0.1, 0.15) is 38.5 Å². The Balaban J connectivity index is 1.99. The Morgan fingerprint density at radius 1 is 1.24 bits per heavy atom. The SMILES string of the molecule is O=C(CC1CCCCC1)Nc1ccc(S(=O)(=O)Cl)c(Cl)c1. The van der Waals surface area contributed by atoms with Crippen LogP contribution in [0.25, 0.3) is 0 Å². The molecule has 1 aromatic carbocycles. The molecule has 1 aliphatic rings. The molecule has 0 radical (unpaired) electrons. The Bertz CT molecular complexity index is 625. The summed E-state index contributed by atoms with van der Waals surface area (Å²) in [5.74, 6) is 0.371. The summed E-state index contributed by atoms with van der Waals surface area (Å²) in [4.78, 5) is 11.8. The van der Waals surface area contributed by atoms with Gasteiger partial charge in [-0.25, -0.2) is 8.42 Å². The van der Waals surface area contributed by atoms with Crippen LogP contribution in [0.2, 0.25) is 5.02 Å². The first-order chi connectivity index (χ1) is 9.86. The van der Waals surface area contributed by atoms with Crippen molar-refractivity contribution in [2.24, 2.45) is 5.92 Å². The Kier molecular flexibility index (Phi) is 5.52. The van der Waals surface area contributed by atoms with Gasteiger partial charge in [0, 0.05) is 22.8 Å². The summed E-state index contributed by atoms with van der Waals surface area (Å²) in [6.07, 6.45) is 6.31. The minimum atomic E-state index is -3.87. The van der Waals surface area contributed by atoms with Crippen LogP contribution in [-0.4, -0.2) is 14.3 Å². The third kappa shape index (κ3) is 4.87. The highest BCUT2D eigenvalue weighted by atomic mass is 35.7. The molecular weight excluding hydrogens is 333 g/mol. The number of nitrogens with one attached hydrogen (secondary N) is 1. The van der Waals surface area contributed by atoms with Crippen LogP contribution in [0.4, 0.5) is 5.69 Å². The van der Waals surface area contributed by atoms with Gasteiger partial charge in [0.1, 0.15) is 4.90 Å². The molecule has 116 valence electrons. The van der Waals surface area contributed by atoms with E-state index in [1.807, 2.05) is 0 Å². The maximum absolute atomic E-state index is 12.0. The fraction of sp³-hybridized carbons (Fsp3) is 0.500. The molecule has 0 bridgehead atoms. The molecule has 21 heavy (non-hydrogen) atoms. The zero-order valence-corrected chi connectivity index (χ0v) is 13.8. The minimum absolute atomic E-state index is 0.000432. The smallest absolute Gasteiger partial charge is 0.262 e. The Labute approximate surface area is 134 Å². The second-order valence-corrected chi connectivity index (χ2v) is 8.28. The molecule has 1 saturated carbocycles. The fourth-order valence-corrected chi connectivity index (χ4v) is 4.17. The van der Waals surface area contributed by atoms with Crippen molar-refractivity contribution < 1.29 is 13.2 Å². The van der Waals surface area contributed by atoms with Crippen molar-refractivity contribution in [1.82, 2.24) is 0 Å². The maximum Gasteiger partial charge on any atom is 0.262 e. The molecule has 0 saturated heterocycles. The monoisotopic (exact) mass is 349 g/mol. The van der Waals surface area contributed by atoms with Crippen LogP contribution >= 0.6 is 22.3 Å². The molecule has 1 N–H and O–H groups in total. The summed E-state index contributed by atoms with van der Waals surface area (Å²) in [6.45, 7) is 0. The van der Waals surface area contributed by atoms with Gasteiger partial charge < -0.3 is 5.32 Å². The molecule has 4 nitrogen and oxygen atoms in total. The summed E-state index contributed by atoms with van der Waals surface area (Å²) >= 11 is 5.87. The first kappa shape index (κ1) is 16.6. The molecule has 1 amide bonds. The van der Waals surface area contributed by atoms with E-state index in [0.717, 1.165) is 12.8 Å². The second kappa shape index (κ2) is 6.99. The van der Waals surface area contributed by atoms with E-state index in [0.29, 0.717) is 18.0 Å². The van der Waals surface area contributed by atoms with Crippen LogP contribution in [0.5, 0.6) is 0 Å². The van der Waals surface area contributed by atoms with Gasteiger partial charge >= 0.3 is 0 Å². The molecule has 0 atom stereocenters. The fourth-order valence-electron chi connectivity index (χ4n) is 2.64. The minimum Gasteiger partial charge on any atom is -0.326 e. The predicted molar refractivity (Wildman–Crippen MR) is 84.3 cm³/mol. The third-order valence-corrected chi connectivity index (χ3v) is 5.48. The van der Waals surface area contributed by atoms with Gasteiger partial charge in [-0.15, -0.1) is 0 Å². The number of carbonyl (C=O) groups is 1. The van der Waals surface area contributed by atoms with Crippen LogP contribution in [0.15, 0.2) is 23.1 Å². The van der Waals surface area contributed by atoms with Crippen molar-refractivity contribution in [1.29, 1.82) is 0 Å². The van der Waals surface area contributed by atoms with E-state index in [-0.39, 0.29) is 15.8 Å². The molecule has 0 heterocycles. The maximum atomic E-state index is 12.0. The van der Waals surface area contributed by atoms with Crippen LogP contribution < -0.4 is 5.32 Å². The van der Waals surface area contributed by atoms with E-state index in [1.54, 1.807) is 0 Å². The van der Waals surface area contributed by atoms with E-state index in [2.05, 4.69) is 5.32 Å². The zero-order chi connectivity index (χ0) is 15.5. The molecule has 7 heteroatoms. The Morgan fingerprint density at radius 2 is 1.90 bits per heavy atom. The largest absolute Gasteiger partial charge is 0.326 e. The number of hydrogen-bond donors (Lipinski definition) is 1. The van der Waals surface area contributed by atoms with Crippen molar-refractivity contribution in [3.63, 3.8) is 0 Å². The topological polar surface area (TPSA) is 63.2 Å². The van der Waals surface area contributed by atoms with Gasteiger partial charge in [-0.1, -0.05) is 30.9 Å². The molecule has 0 spiro atoms. The number of anilines is 1. The van der Waals surface area contributed by atoms with Crippen molar-refractivity contribution in [3.8, 4) is 0 Å². The number of hydrogen-bond acceptors (Lipinski definition) is 3. The average Bonchev–Trinajstić information content (AvgIpc) is 2.38. The van der Waals surface area contributed by atoms with Crippen molar-refractivity contribution in [2.45, 2.75) is 43.4 Å². The summed E-state index contributed by atoms with van der Waals surface area (Å²) in [5.41, 5.74) is 0.477. The van der Waals surface area contributed by atoms with E-state index >= 15 is 0 Å². The summed E-state index contributed by atoms with van der Waals surface area (Å²) in [6, 6.07) is 4.18.